The van der Waals surface area contributed by atoms with Crippen LogP contribution in [0.1, 0.15) is 43.6 Å². The first-order valence-electron chi connectivity index (χ1n) is 7.78. The average Bonchev–Trinajstić information content (AvgIpc) is 3.05. The molecule has 23 heavy (non-hydrogen) atoms. The van der Waals surface area contributed by atoms with E-state index in [0.29, 0.717) is 17.9 Å². The molecule has 124 valence electrons. The third kappa shape index (κ3) is 4.51. The summed E-state index contributed by atoms with van der Waals surface area (Å²) in [5, 5.41) is 15.4. The molecule has 0 aromatic heterocycles. The molecule has 1 saturated carbocycles. The molecule has 7 nitrogen and oxygen atoms in total. The van der Waals surface area contributed by atoms with Gasteiger partial charge in [-0.25, -0.2) is 4.79 Å². The van der Waals surface area contributed by atoms with Gasteiger partial charge in [0.1, 0.15) is 0 Å². The number of amides is 3. The van der Waals surface area contributed by atoms with Gasteiger partial charge in [0, 0.05) is 19.2 Å². The Labute approximate surface area is 134 Å². The largest absolute Gasteiger partial charge is 0.341 e. The van der Waals surface area contributed by atoms with Crippen LogP contribution in [-0.4, -0.2) is 23.9 Å². The van der Waals surface area contributed by atoms with E-state index in [2.05, 4.69) is 10.6 Å². The van der Waals surface area contributed by atoms with E-state index in [-0.39, 0.29) is 11.6 Å². The van der Waals surface area contributed by atoms with Crippen molar-refractivity contribution >= 4 is 17.6 Å². The second kappa shape index (κ2) is 7.71. The van der Waals surface area contributed by atoms with Gasteiger partial charge >= 0.3 is 6.03 Å². The van der Waals surface area contributed by atoms with Crippen molar-refractivity contribution in [3.05, 3.63) is 39.9 Å². The number of non-ortho nitro benzene ring substituents is 1. The Kier molecular flexibility index (Phi) is 5.67. The van der Waals surface area contributed by atoms with Gasteiger partial charge in [0.25, 0.3) is 5.69 Å². The van der Waals surface area contributed by atoms with Gasteiger partial charge in [-0.15, -0.1) is 0 Å². The number of urea groups is 1. The van der Waals surface area contributed by atoms with Crippen LogP contribution in [0.2, 0.25) is 0 Å². The third-order valence-corrected chi connectivity index (χ3v) is 4.33. The summed E-state index contributed by atoms with van der Waals surface area (Å²) < 4.78 is 0. The zero-order valence-corrected chi connectivity index (χ0v) is 13.1. The Hall–Kier alpha value is -2.44. The fraction of sp³-hybridized carbons (Fsp3) is 0.500. The van der Waals surface area contributed by atoms with Crippen LogP contribution in [0.15, 0.2) is 24.3 Å². The Bertz CT molecular complexity index is 579. The molecule has 0 bridgehead atoms. The Morgan fingerprint density at radius 3 is 2.39 bits per heavy atom. The molecule has 1 aliphatic rings. The lowest BCUT2D eigenvalue weighted by atomic mass is 9.87. The molecular formula is C16H21N3O4. The zero-order valence-electron chi connectivity index (χ0n) is 13.1. The summed E-state index contributed by atoms with van der Waals surface area (Å²) in [5.41, 5.74) is 0.684. The van der Waals surface area contributed by atoms with E-state index >= 15 is 0 Å². The van der Waals surface area contributed by atoms with Crippen molar-refractivity contribution in [2.75, 3.05) is 7.05 Å². The third-order valence-electron chi connectivity index (χ3n) is 4.33. The van der Waals surface area contributed by atoms with Crippen molar-refractivity contribution in [3.63, 3.8) is 0 Å². The van der Waals surface area contributed by atoms with Gasteiger partial charge in [-0.2, -0.15) is 0 Å². The van der Waals surface area contributed by atoms with Crippen LogP contribution >= 0.6 is 0 Å². The summed E-state index contributed by atoms with van der Waals surface area (Å²) >= 11 is 0. The highest BCUT2D eigenvalue weighted by Crippen LogP contribution is 2.34. The van der Waals surface area contributed by atoms with Gasteiger partial charge in [-0.3, -0.25) is 20.2 Å². The molecule has 1 aromatic rings. The minimum Gasteiger partial charge on any atom is -0.341 e. The molecule has 0 spiro atoms. The lowest BCUT2D eigenvalue weighted by Gasteiger charge is -2.20. The van der Waals surface area contributed by atoms with Crippen LogP contribution in [0.5, 0.6) is 0 Å². The predicted molar refractivity (Wildman–Crippen MR) is 85.0 cm³/mol. The van der Waals surface area contributed by atoms with Crippen LogP contribution in [0.25, 0.3) is 0 Å². The van der Waals surface area contributed by atoms with Crippen molar-refractivity contribution in [1.29, 1.82) is 0 Å². The SMILES string of the molecule is CNC(=O)NC(=O)C(CC1CCCC1)c1ccc([N+](=O)[O-])cc1. The molecule has 1 atom stereocenters. The molecule has 0 radical (unpaired) electrons. The maximum absolute atomic E-state index is 12.4. The van der Waals surface area contributed by atoms with Crippen molar-refractivity contribution in [3.8, 4) is 0 Å². The topological polar surface area (TPSA) is 101 Å². The maximum Gasteiger partial charge on any atom is 0.321 e. The molecule has 3 amide bonds. The standard InChI is InChI=1S/C16H21N3O4/c1-17-16(21)18-15(20)14(10-11-4-2-3-5-11)12-6-8-13(9-7-12)19(22)23/h6-9,11,14H,2-5,10H2,1H3,(H2,17,18,20,21). The molecule has 2 N–H and O–H groups in total. The Morgan fingerprint density at radius 2 is 1.87 bits per heavy atom. The minimum absolute atomic E-state index is 0.0138. The van der Waals surface area contributed by atoms with E-state index in [1.54, 1.807) is 12.1 Å². The van der Waals surface area contributed by atoms with Crippen LogP contribution in [0.3, 0.4) is 0 Å². The summed E-state index contributed by atoms with van der Waals surface area (Å²) in [6.07, 6.45) is 5.14. The van der Waals surface area contributed by atoms with Gasteiger partial charge in [0.15, 0.2) is 0 Å². The highest BCUT2D eigenvalue weighted by Gasteiger charge is 2.27. The first kappa shape index (κ1) is 16.9. The van der Waals surface area contributed by atoms with Gasteiger partial charge in [-0.05, 0) is 17.9 Å². The summed E-state index contributed by atoms with van der Waals surface area (Å²) in [6.45, 7) is 0. The second-order valence-corrected chi connectivity index (χ2v) is 5.86. The number of rotatable bonds is 5. The molecule has 7 heteroatoms. The van der Waals surface area contributed by atoms with Gasteiger partial charge < -0.3 is 5.32 Å². The number of hydrogen-bond donors (Lipinski definition) is 2. The molecule has 0 saturated heterocycles. The number of nitrogens with one attached hydrogen (secondary N) is 2. The minimum atomic E-state index is -0.548. The number of nitro benzene ring substituents is 1. The van der Waals surface area contributed by atoms with Crippen LogP contribution in [0, 0.1) is 16.0 Å². The lowest BCUT2D eigenvalue weighted by molar-refractivity contribution is -0.384. The maximum atomic E-state index is 12.4. The Morgan fingerprint density at radius 1 is 1.26 bits per heavy atom. The van der Waals surface area contributed by atoms with Crippen molar-refractivity contribution < 1.29 is 14.5 Å². The molecule has 0 aliphatic heterocycles. The smallest absolute Gasteiger partial charge is 0.321 e. The van der Waals surface area contributed by atoms with Crippen molar-refractivity contribution in [1.82, 2.24) is 10.6 Å². The average molecular weight is 319 g/mol. The first-order chi connectivity index (χ1) is 11.0. The van der Waals surface area contributed by atoms with Gasteiger partial charge in [0.05, 0.1) is 10.8 Å². The van der Waals surface area contributed by atoms with Gasteiger partial charge in [0.2, 0.25) is 5.91 Å². The van der Waals surface area contributed by atoms with Crippen LogP contribution < -0.4 is 10.6 Å². The Balaban J connectivity index is 2.18. The highest BCUT2D eigenvalue weighted by atomic mass is 16.6. The lowest BCUT2D eigenvalue weighted by Crippen LogP contribution is -2.40. The number of imide groups is 1. The molecule has 1 fully saturated rings. The number of benzene rings is 1. The van der Waals surface area contributed by atoms with Crippen molar-refractivity contribution in [2.24, 2.45) is 5.92 Å². The molecule has 1 aliphatic carbocycles. The van der Waals surface area contributed by atoms with E-state index in [1.807, 2.05) is 0 Å². The van der Waals surface area contributed by atoms with E-state index in [4.69, 9.17) is 0 Å². The normalized spacial score (nSPS) is 15.9. The predicted octanol–water partition coefficient (Wildman–Crippen LogP) is 2.71. The number of carbonyl (C=O) groups is 2. The highest BCUT2D eigenvalue weighted by molar-refractivity contribution is 5.97. The summed E-state index contributed by atoms with van der Waals surface area (Å²) in [5.74, 6) is -0.396. The molecule has 0 heterocycles. The number of hydrogen-bond acceptors (Lipinski definition) is 4. The fourth-order valence-electron chi connectivity index (χ4n) is 3.06. The molecular weight excluding hydrogens is 298 g/mol. The monoisotopic (exact) mass is 319 g/mol. The summed E-state index contributed by atoms with van der Waals surface area (Å²) in [6, 6.07) is 5.43. The second-order valence-electron chi connectivity index (χ2n) is 5.86. The number of nitrogens with zero attached hydrogens (tertiary/aromatic N) is 1. The number of nitro groups is 1. The zero-order chi connectivity index (χ0) is 16.8. The van der Waals surface area contributed by atoms with Gasteiger partial charge in [-0.1, -0.05) is 37.8 Å². The van der Waals surface area contributed by atoms with Crippen molar-refractivity contribution in [2.45, 2.75) is 38.0 Å². The van der Waals surface area contributed by atoms with E-state index in [1.165, 1.54) is 19.2 Å². The van der Waals surface area contributed by atoms with E-state index in [9.17, 15) is 19.7 Å². The van der Waals surface area contributed by atoms with E-state index in [0.717, 1.165) is 25.7 Å². The quantitative estimate of drug-likeness (QED) is 0.643. The number of carbonyl (C=O) groups excluding carboxylic acids is 2. The van der Waals surface area contributed by atoms with E-state index < -0.39 is 16.9 Å². The molecule has 1 aromatic carbocycles. The first-order valence-corrected chi connectivity index (χ1v) is 7.78. The summed E-state index contributed by atoms with van der Waals surface area (Å²) in [4.78, 5) is 34.1. The summed E-state index contributed by atoms with van der Waals surface area (Å²) in [7, 11) is 1.44. The fourth-order valence-corrected chi connectivity index (χ4v) is 3.06. The van der Waals surface area contributed by atoms with Crippen LogP contribution in [0.4, 0.5) is 10.5 Å². The molecule has 2 rings (SSSR count). The molecule has 1 unspecified atom stereocenters. The van der Waals surface area contributed by atoms with Crippen LogP contribution in [-0.2, 0) is 4.79 Å².